The van der Waals surface area contributed by atoms with Gasteiger partial charge in [0, 0.05) is 32.9 Å². The van der Waals surface area contributed by atoms with Crippen molar-refractivity contribution in [3.8, 4) is 33.6 Å². The molecule has 0 spiro atoms. The molecule has 274 valence electrons. The zero-order chi connectivity index (χ0) is 38.6. The normalized spacial score (nSPS) is 12.1. The van der Waals surface area contributed by atoms with Gasteiger partial charge in [0.15, 0.2) is 0 Å². The van der Waals surface area contributed by atoms with Gasteiger partial charge in [0.05, 0.1) is 32.8 Å². The second kappa shape index (κ2) is 12.3. The molecule has 3 heterocycles. The largest absolute Gasteiger partial charge is 0.455 e. The van der Waals surface area contributed by atoms with Crippen molar-refractivity contribution in [2.24, 2.45) is 0 Å². The monoisotopic (exact) mass is 750 g/mol. The molecule has 0 saturated heterocycles. The molecule has 0 unspecified atom stereocenters. The van der Waals surface area contributed by atoms with Gasteiger partial charge >= 0.3 is 0 Å². The molecule has 59 heavy (non-hydrogen) atoms. The molecule has 0 saturated carbocycles. The first-order valence-corrected chi connectivity index (χ1v) is 20.2. The third-order valence-corrected chi connectivity index (χ3v) is 12.5. The van der Waals surface area contributed by atoms with Crippen LogP contribution >= 0.6 is 0 Å². The first kappa shape index (κ1) is 32.2. The van der Waals surface area contributed by atoms with Crippen LogP contribution in [0.15, 0.2) is 211 Å². The Morgan fingerprint density at radius 3 is 1.12 bits per heavy atom. The highest BCUT2D eigenvalue weighted by molar-refractivity contribution is 6.29. The Morgan fingerprint density at radius 2 is 0.661 bits per heavy atom. The standard InChI is InChI=1S/C56H34N2O/c1-3-11-39-33-41(19-17-35(39)9-1)37-21-25-43(26-22-37)57-49-15-7-5-13-47(49)53-51(57)31-29-45-46-30-32-52-54(56(46)59-55(45)53)48-14-6-8-16-50(48)58(52)44-27-23-38(24-28-44)42-20-18-36-10-2-4-12-40(36)34-42/h1-34H. The number of hydrogen-bond acceptors (Lipinski definition) is 1. The molecule has 3 nitrogen and oxygen atoms in total. The molecule has 0 fully saturated rings. The van der Waals surface area contributed by atoms with E-state index >= 15 is 0 Å². The summed E-state index contributed by atoms with van der Waals surface area (Å²) in [5.41, 5.74) is 13.5. The number of furan rings is 1. The summed E-state index contributed by atoms with van der Waals surface area (Å²) in [6, 6.07) is 74.9. The Morgan fingerprint density at radius 1 is 0.271 bits per heavy atom. The van der Waals surface area contributed by atoms with Gasteiger partial charge in [-0.1, -0.05) is 133 Å². The zero-order valence-corrected chi connectivity index (χ0v) is 31.9. The van der Waals surface area contributed by atoms with Crippen LogP contribution in [0.5, 0.6) is 0 Å². The molecule has 0 aliphatic heterocycles. The van der Waals surface area contributed by atoms with Gasteiger partial charge in [-0.3, -0.25) is 0 Å². The number of rotatable bonds is 4. The summed E-state index contributed by atoms with van der Waals surface area (Å²) in [5, 5.41) is 11.9. The summed E-state index contributed by atoms with van der Waals surface area (Å²) < 4.78 is 12.0. The van der Waals surface area contributed by atoms with E-state index in [2.05, 4.69) is 215 Å². The van der Waals surface area contributed by atoms with Gasteiger partial charge in [-0.2, -0.15) is 0 Å². The summed E-state index contributed by atoms with van der Waals surface area (Å²) in [6.45, 7) is 0. The van der Waals surface area contributed by atoms with E-state index in [1.807, 2.05) is 0 Å². The van der Waals surface area contributed by atoms with Gasteiger partial charge in [0.1, 0.15) is 11.2 Å². The molecule has 0 atom stereocenters. The van der Waals surface area contributed by atoms with E-state index in [4.69, 9.17) is 4.42 Å². The Bertz CT molecular complexity index is 3570. The lowest BCUT2D eigenvalue weighted by Crippen LogP contribution is -1.93. The third-order valence-electron chi connectivity index (χ3n) is 12.5. The van der Waals surface area contributed by atoms with Crippen molar-refractivity contribution < 1.29 is 4.42 Å². The molecule has 0 aliphatic carbocycles. The van der Waals surface area contributed by atoms with Crippen molar-refractivity contribution in [1.82, 2.24) is 9.13 Å². The lowest BCUT2D eigenvalue weighted by molar-refractivity contribution is 0.677. The van der Waals surface area contributed by atoms with Crippen molar-refractivity contribution in [3.05, 3.63) is 206 Å². The second-order valence-electron chi connectivity index (χ2n) is 15.7. The number of para-hydroxylation sites is 2. The number of fused-ring (bicyclic) bond motifs is 13. The Hall–Kier alpha value is -7.88. The van der Waals surface area contributed by atoms with E-state index in [0.717, 1.165) is 66.2 Å². The maximum atomic E-state index is 7.19. The van der Waals surface area contributed by atoms with E-state index in [-0.39, 0.29) is 0 Å². The summed E-state index contributed by atoms with van der Waals surface area (Å²) in [6.07, 6.45) is 0. The predicted octanol–water partition coefficient (Wildman–Crippen LogP) is 15.4. The van der Waals surface area contributed by atoms with Crippen LogP contribution < -0.4 is 0 Å². The molecule has 0 aliphatic rings. The lowest BCUT2D eigenvalue weighted by Gasteiger charge is -2.10. The Balaban J connectivity index is 0.971. The van der Waals surface area contributed by atoms with Crippen LogP contribution in [-0.2, 0) is 0 Å². The number of hydrogen-bond donors (Lipinski definition) is 0. The minimum absolute atomic E-state index is 0.921. The summed E-state index contributed by atoms with van der Waals surface area (Å²) in [4.78, 5) is 0. The third kappa shape index (κ3) is 4.76. The second-order valence-corrected chi connectivity index (χ2v) is 15.7. The highest BCUT2D eigenvalue weighted by Gasteiger charge is 2.22. The quantitative estimate of drug-likeness (QED) is 0.176. The molecule has 0 radical (unpaired) electrons. The van der Waals surface area contributed by atoms with Crippen molar-refractivity contribution in [2.45, 2.75) is 0 Å². The Kier molecular flexibility index (Phi) is 6.72. The molecule has 0 N–H and O–H groups in total. The van der Waals surface area contributed by atoms with Crippen molar-refractivity contribution in [1.29, 1.82) is 0 Å². The molecule has 10 aromatic carbocycles. The first-order valence-electron chi connectivity index (χ1n) is 20.2. The highest BCUT2D eigenvalue weighted by Crippen LogP contribution is 2.45. The van der Waals surface area contributed by atoms with Gasteiger partial charge < -0.3 is 13.6 Å². The number of aromatic nitrogens is 2. The lowest BCUT2D eigenvalue weighted by atomic mass is 10.0. The summed E-state index contributed by atoms with van der Waals surface area (Å²) >= 11 is 0. The van der Waals surface area contributed by atoms with Gasteiger partial charge in [-0.05, 0) is 117 Å². The van der Waals surface area contributed by atoms with Gasteiger partial charge in [0.25, 0.3) is 0 Å². The average Bonchev–Trinajstić information content (AvgIpc) is 3.96. The van der Waals surface area contributed by atoms with E-state index < -0.39 is 0 Å². The topological polar surface area (TPSA) is 23.0 Å². The minimum atomic E-state index is 0.921. The fraction of sp³-hybridized carbons (Fsp3) is 0. The van der Waals surface area contributed by atoms with Crippen molar-refractivity contribution >= 4 is 87.1 Å². The van der Waals surface area contributed by atoms with Crippen LogP contribution in [-0.4, -0.2) is 9.13 Å². The molecule has 0 bridgehead atoms. The van der Waals surface area contributed by atoms with Crippen LogP contribution in [0.25, 0.3) is 121 Å². The number of benzene rings is 10. The predicted molar refractivity (Wildman–Crippen MR) is 248 cm³/mol. The van der Waals surface area contributed by atoms with E-state index in [1.54, 1.807) is 0 Å². The number of nitrogens with zero attached hydrogens (tertiary/aromatic N) is 2. The molecular weight excluding hydrogens is 717 g/mol. The van der Waals surface area contributed by atoms with Crippen LogP contribution in [0.4, 0.5) is 0 Å². The summed E-state index contributed by atoms with van der Waals surface area (Å²) in [5.74, 6) is 0. The fourth-order valence-corrected chi connectivity index (χ4v) is 9.70. The van der Waals surface area contributed by atoms with E-state index in [9.17, 15) is 0 Å². The molecule has 13 aromatic rings. The van der Waals surface area contributed by atoms with Crippen LogP contribution in [0.1, 0.15) is 0 Å². The summed E-state index contributed by atoms with van der Waals surface area (Å²) in [7, 11) is 0. The van der Waals surface area contributed by atoms with Crippen molar-refractivity contribution in [3.63, 3.8) is 0 Å². The molecule has 0 amide bonds. The van der Waals surface area contributed by atoms with Crippen LogP contribution in [0, 0.1) is 0 Å². The molecule has 3 aromatic heterocycles. The smallest absolute Gasteiger partial charge is 0.145 e. The van der Waals surface area contributed by atoms with Crippen LogP contribution in [0.2, 0.25) is 0 Å². The maximum absolute atomic E-state index is 7.19. The highest BCUT2D eigenvalue weighted by atomic mass is 16.3. The molecule has 3 heteroatoms. The van der Waals surface area contributed by atoms with Crippen LogP contribution in [0.3, 0.4) is 0 Å². The van der Waals surface area contributed by atoms with Gasteiger partial charge in [0.2, 0.25) is 0 Å². The average molecular weight is 751 g/mol. The Labute approximate surface area is 339 Å². The minimum Gasteiger partial charge on any atom is -0.455 e. The SMILES string of the molecule is c1ccc2cc(-c3ccc(-n4c5ccccc5c5c6oc7c(ccc8c7c7ccccc7n8-c7ccc(-c8ccc9ccccc9c8)cc7)c6ccc54)cc3)ccc2c1. The molecule has 13 rings (SSSR count). The van der Waals surface area contributed by atoms with Gasteiger partial charge in [-0.25, -0.2) is 0 Å². The zero-order valence-electron chi connectivity index (χ0n) is 31.9. The van der Waals surface area contributed by atoms with E-state index in [0.29, 0.717) is 0 Å². The first-order chi connectivity index (χ1) is 29.2. The maximum Gasteiger partial charge on any atom is 0.145 e. The van der Waals surface area contributed by atoms with E-state index in [1.165, 1.54) is 54.6 Å². The fourth-order valence-electron chi connectivity index (χ4n) is 9.70. The van der Waals surface area contributed by atoms with Gasteiger partial charge in [-0.15, -0.1) is 0 Å². The van der Waals surface area contributed by atoms with Crippen molar-refractivity contribution in [2.75, 3.05) is 0 Å². The molecular formula is C56H34N2O.